The Morgan fingerprint density at radius 1 is 1.52 bits per heavy atom. The summed E-state index contributed by atoms with van der Waals surface area (Å²) >= 11 is 5.19. The van der Waals surface area contributed by atoms with Crippen molar-refractivity contribution >= 4 is 12.2 Å². The van der Waals surface area contributed by atoms with Crippen LogP contribution in [-0.4, -0.2) is 64.5 Å². The van der Waals surface area contributed by atoms with Gasteiger partial charge in [-0.3, -0.25) is 14.3 Å². The van der Waals surface area contributed by atoms with Crippen LogP contribution in [0.25, 0.3) is 0 Å². The number of rotatable bonds is 6. The molecule has 3 N–H and O–H groups in total. The molecule has 1 aliphatic heterocycles. The summed E-state index contributed by atoms with van der Waals surface area (Å²) in [5.41, 5.74) is -0.997. The van der Waals surface area contributed by atoms with E-state index in [1.807, 2.05) is 0 Å². The summed E-state index contributed by atoms with van der Waals surface area (Å²) in [6.07, 6.45) is -1.13. The van der Waals surface area contributed by atoms with Crippen LogP contribution in [0.2, 0.25) is 0 Å². The largest absolute Gasteiger partial charge is 0.394 e. The molecule has 2 heterocycles. The molecule has 130 valence electrons. The van der Waals surface area contributed by atoms with Crippen molar-refractivity contribution in [2.24, 2.45) is 0 Å². The Kier molecular flexibility index (Phi) is 5.71. The van der Waals surface area contributed by atoms with Crippen LogP contribution in [0.1, 0.15) is 18.7 Å². The highest BCUT2D eigenvalue weighted by Gasteiger charge is 2.55. The van der Waals surface area contributed by atoms with Gasteiger partial charge in [-0.05, 0) is 26.1 Å². The van der Waals surface area contributed by atoms with Crippen molar-refractivity contribution in [3.05, 3.63) is 26.9 Å². The molecule has 0 spiro atoms. The first-order valence-corrected chi connectivity index (χ1v) is 7.65. The van der Waals surface area contributed by atoms with E-state index in [1.54, 1.807) is 27.2 Å². The number of nitrogens with one attached hydrogen (secondary N) is 1. The maximum atomic E-state index is 11.7. The number of aryl methyl sites for hydroxylation is 1. The zero-order valence-electron chi connectivity index (χ0n) is 13.3. The van der Waals surface area contributed by atoms with Gasteiger partial charge >= 0.3 is 0 Å². The summed E-state index contributed by atoms with van der Waals surface area (Å²) in [5, 5.41) is 19.9. The number of aliphatic hydroxyl groups excluding tert-OH is 2. The Hall–Kier alpha value is -1.10. The molecule has 1 aromatic rings. The molecule has 1 saturated heterocycles. The molecule has 2 unspecified atom stereocenters. The number of ether oxygens (including phenoxy) is 3. The van der Waals surface area contributed by atoms with Gasteiger partial charge in [-0.15, -0.1) is 0 Å². The number of H-pyrrole nitrogens is 1. The number of aromatic amines is 1. The van der Waals surface area contributed by atoms with Crippen LogP contribution in [-0.2, 0) is 14.2 Å². The standard InChI is InChI=1S/C14H22N2O6S/c1-8-6-16(13(23)15-11(8)19)12-14(2,21-5-4-20-3)10(18)9(7-17)22-12/h6,9-10,12,17-18H,4-5,7H2,1-3H3,(H,15,19,23)/t9-,10?,12-,14?/m1/s1. The summed E-state index contributed by atoms with van der Waals surface area (Å²) in [5.74, 6) is 0. The lowest BCUT2D eigenvalue weighted by Crippen LogP contribution is -2.47. The van der Waals surface area contributed by atoms with E-state index in [0.717, 1.165) is 0 Å². The summed E-state index contributed by atoms with van der Waals surface area (Å²) in [6, 6.07) is 0. The predicted octanol–water partition coefficient (Wildman–Crippen LogP) is -0.113. The minimum Gasteiger partial charge on any atom is -0.394 e. The molecule has 8 nitrogen and oxygen atoms in total. The highest BCUT2D eigenvalue weighted by molar-refractivity contribution is 7.71. The van der Waals surface area contributed by atoms with Crippen molar-refractivity contribution in [3.63, 3.8) is 0 Å². The quantitative estimate of drug-likeness (QED) is 0.487. The molecule has 0 aromatic carbocycles. The third-order valence-electron chi connectivity index (χ3n) is 4.01. The SMILES string of the molecule is COCCOC1(C)C(O)[C@@H](CO)O[C@H]1n1cc(C)c(=O)[nH]c1=S. The highest BCUT2D eigenvalue weighted by atomic mass is 32.1. The minimum absolute atomic E-state index is 0.151. The summed E-state index contributed by atoms with van der Waals surface area (Å²) in [6.45, 7) is 3.53. The second kappa shape index (κ2) is 7.20. The second-order valence-corrected chi connectivity index (χ2v) is 6.04. The number of hydrogen-bond donors (Lipinski definition) is 3. The molecule has 0 saturated carbocycles. The monoisotopic (exact) mass is 346 g/mol. The van der Waals surface area contributed by atoms with Gasteiger partial charge in [0.05, 0.1) is 19.8 Å². The third kappa shape index (κ3) is 3.39. The van der Waals surface area contributed by atoms with Gasteiger partial charge in [0.1, 0.15) is 17.8 Å². The van der Waals surface area contributed by atoms with Gasteiger partial charge in [-0.1, -0.05) is 0 Å². The topological polar surface area (TPSA) is 106 Å². The van der Waals surface area contributed by atoms with Crippen LogP contribution in [0, 0.1) is 11.7 Å². The van der Waals surface area contributed by atoms with E-state index < -0.39 is 24.0 Å². The molecular weight excluding hydrogens is 324 g/mol. The molecule has 0 bridgehead atoms. The molecule has 1 aromatic heterocycles. The average Bonchev–Trinajstić information content (AvgIpc) is 2.76. The Morgan fingerprint density at radius 2 is 2.22 bits per heavy atom. The Bertz CT molecular complexity index is 659. The van der Waals surface area contributed by atoms with Crippen molar-refractivity contribution < 1.29 is 24.4 Å². The van der Waals surface area contributed by atoms with Crippen LogP contribution < -0.4 is 5.56 Å². The van der Waals surface area contributed by atoms with E-state index in [1.165, 1.54) is 4.57 Å². The van der Waals surface area contributed by atoms with Gasteiger partial charge in [0.25, 0.3) is 5.56 Å². The van der Waals surface area contributed by atoms with Gasteiger partial charge in [0, 0.05) is 18.9 Å². The summed E-state index contributed by atoms with van der Waals surface area (Å²) < 4.78 is 18.2. The van der Waals surface area contributed by atoms with E-state index in [0.29, 0.717) is 12.2 Å². The molecule has 23 heavy (non-hydrogen) atoms. The van der Waals surface area contributed by atoms with Gasteiger partial charge in [0.2, 0.25) is 0 Å². The summed E-state index contributed by atoms with van der Waals surface area (Å²) in [4.78, 5) is 14.2. The molecule has 0 radical (unpaired) electrons. The summed E-state index contributed by atoms with van der Waals surface area (Å²) in [7, 11) is 1.54. The Balaban J connectivity index is 2.43. The molecule has 0 aliphatic carbocycles. The number of aromatic nitrogens is 2. The minimum atomic E-state index is -1.16. The van der Waals surface area contributed by atoms with E-state index in [-0.39, 0.29) is 23.5 Å². The fourth-order valence-corrected chi connectivity index (χ4v) is 2.88. The molecule has 9 heteroatoms. The van der Waals surface area contributed by atoms with E-state index in [9.17, 15) is 15.0 Å². The fraction of sp³-hybridized carbons (Fsp3) is 0.714. The third-order valence-corrected chi connectivity index (χ3v) is 4.33. The van der Waals surface area contributed by atoms with Crippen molar-refractivity contribution in [1.82, 2.24) is 9.55 Å². The molecule has 4 atom stereocenters. The molecule has 1 aliphatic rings. The number of hydrogen-bond acceptors (Lipinski definition) is 7. The number of methoxy groups -OCH3 is 1. The van der Waals surface area contributed by atoms with Crippen LogP contribution in [0.4, 0.5) is 0 Å². The van der Waals surface area contributed by atoms with E-state index in [4.69, 9.17) is 26.4 Å². The maximum absolute atomic E-state index is 11.7. The average molecular weight is 346 g/mol. The first kappa shape index (κ1) is 18.2. The lowest BCUT2D eigenvalue weighted by molar-refractivity contribution is -0.147. The first-order chi connectivity index (χ1) is 10.8. The fourth-order valence-electron chi connectivity index (χ4n) is 2.64. The zero-order valence-corrected chi connectivity index (χ0v) is 14.1. The number of nitrogens with zero attached hydrogens (tertiary/aromatic N) is 1. The van der Waals surface area contributed by atoms with Crippen molar-refractivity contribution in [3.8, 4) is 0 Å². The molecule has 0 amide bonds. The van der Waals surface area contributed by atoms with Gasteiger partial charge in [-0.2, -0.15) is 0 Å². The zero-order chi connectivity index (χ0) is 17.2. The van der Waals surface area contributed by atoms with Gasteiger partial charge in [0.15, 0.2) is 11.0 Å². The van der Waals surface area contributed by atoms with Crippen LogP contribution in [0.5, 0.6) is 0 Å². The van der Waals surface area contributed by atoms with Crippen LogP contribution in [0.15, 0.2) is 11.0 Å². The smallest absolute Gasteiger partial charge is 0.254 e. The van der Waals surface area contributed by atoms with Crippen molar-refractivity contribution in [1.29, 1.82) is 0 Å². The van der Waals surface area contributed by atoms with Gasteiger partial charge in [-0.25, -0.2) is 0 Å². The van der Waals surface area contributed by atoms with Gasteiger partial charge < -0.3 is 24.4 Å². The normalized spacial score (nSPS) is 30.7. The van der Waals surface area contributed by atoms with Crippen molar-refractivity contribution in [2.45, 2.75) is 37.9 Å². The van der Waals surface area contributed by atoms with Crippen LogP contribution in [0.3, 0.4) is 0 Å². The molecule has 1 fully saturated rings. The highest BCUT2D eigenvalue weighted by Crippen LogP contribution is 2.41. The maximum Gasteiger partial charge on any atom is 0.254 e. The lowest BCUT2D eigenvalue weighted by Gasteiger charge is -2.33. The number of aliphatic hydroxyl groups is 2. The van der Waals surface area contributed by atoms with Crippen LogP contribution >= 0.6 is 12.2 Å². The lowest BCUT2D eigenvalue weighted by atomic mass is 9.96. The Morgan fingerprint density at radius 3 is 2.83 bits per heavy atom. The van der Waals surface area contributed by atoms with E-state index in [2.05, 4.69) is 4.98 Å². The first-order valence-electron chi connectivity index (χ1n) is 7.24. The molecular formula is C14H22N2O6S. The molecule has 2 rings (SSSR count). The van der Waals surface area contributed by atoms with Crippen molar-refractivity contribution in [2.75, 3.05) is 26.9 Å². The Labute approximate surface area is 138 Å². The predicted molar refractivity (Wildman–Crippen MR) is 83.9 cm³/mol. The van der Waals surface area contributed by atoms with E-state index >= 15 is 0 Å². The second-order valence-electron chi connectivity index (χ2n) is 5.66.